The van der Waals surface area contributed by atoms with E-state index < -0.39 is 5.88 Å². The molecule has 5 heteroatoms. The number of nitrogens with zero attached hydrogens (tertiary/aromatic N) is 2. The van der Waals surface area contributed by atoms with Gasteiger partial charge in [-0.2, -0.15) is 0 Å². The van der Waals surface area contributed by atoms with Gasteiger partial charge < -0.3 is 5.11 Å². The Balaban J connectivity index is 3.35. The van der Waals surface area contributed by atoms with Gasteiger partial charge in [0.05, 0.1) is 0 Å². The summed E-state index contributed by atoms with van der Waals surface area (Å²) in [7, 11) is 0. The van der Waals surface area contributed by atoms with Gasteiger partial charge in [-0.05, 0) is 11.2 Å². The molecule has 1 aromatic rings. The number of hydrogen-bond acceptors (Lipinski definition) is 5. The zero-order chi connectivity index (χ0) is 8.27. The zero-order valence-electron chi connectivity index (χ0n) is 5.39. The lowest BCUT2D eigenvalue weighted by molar-refractivity contribution is 0.112. The highest BCUT2D eigenvalue weighted by Gasteiger charge is 2.06. The molecule has 5 nitrogen and oxygen atoms in total. The van der Waals surface area contributed by atoms with Crippen LogP contribution in [-0.2, 0) is 0 Å². The summed E-state index contributed by atoms with van der Waals surface area (Å²) in [5.41, 5.74) is -0.282. The topological polar surface area (TPSA) is 79.6 Å². The Kier molecular flexibility index (Phi) is 1.91. The summed E-state index contributed by atoms with van der Waals surface area (Å²) in [6.07, 6.45) is 1.53. The van der Waals surface area contributed by atoms with Gasteiger partial charge in [-0.15, -0.1) is 4.91 Å². The molecule has 0 bridgehead atoms. The Hall–Kier alpha value is -1.78. The van der Waals surface area contributed by atoms with Crippen LogP contribution in [-0.4, -0.2) is 16.4 Å². The standard InChI is InChI=1S/C6H4N2O3/c9-3-4-5(8-11)1-2-7-6(4)10/h1-3H,(H,7,10). The van der Waals surface area contributed by atoms with Crippen LogP contribution in [0, 0.1) is 4.91 Å². The van der Waals surface area contributed by atoms with Crippen LogP contribution in [0.3, 0.4) is 0 Å². The van der Waals surface area contributed by atoms with E-state index in [-0.39, 0.29) is 11.3 Å². The molecule has 0 aliphatic carbocycles. The lowest BCUT2D eigenvalue weighted by Crippen LogP contribution is -1.84. The van der Waals surface area contributed by atoms with Gasteiger partial charge in [0.25, 0.3) is 0 Å². The lowest BCUT2D eigenvalue weighted by atomic mass is 10.2. The number of carbonyl (C=O) groups excluding carboxylic acids is 1. The van der Waals surface area contributed by atoms with E-state index in [0.29, 0.717) is 6.29 Å². The molecule has 0 aromatic carbocycles. The van der Waals surface area contributed by atoms with Crippen molar-refractivity contribution in [3.8, 4) is 5.88 Å². The van der Waals surface area contributed by atoms with E-state index in [0.717, 1.165) is 0 Å². The third-order valence-corrected chi connectivity index (χ3v) is 1.16. The Labute approximate surface area is 61.7 Å². The minimum absolute atomic E-state index is 0.104. The molecule has 0 fully saturated rings. The second kappa shape index (κ2) is 2.87. The SMILES string of the molecule is O=Cc1c(N=O)ccnc1O. The zero-order valence-corrected chi connectivity index (χ0v) is 5.39. The van der Waals surface area contributed by atoms with Crippen LogP contribution in [0.5, 0.6) is 5.88 Å². The molecule has 1 aromatic heterocycles. The molecule has 0 unspecified atom stereocenters. The van der Waals surface area contributed by atoms with Gasteiger partial charge in [0.15, 0.2) is 6.29 Å². The average molecular weight is 152 g/mol. The fourth-order valence-electron chi connectivity index (χ4n) is 0.645. The van der Waals surface area contributed by atoms with E-state index in [2.05, 4.69) is 10.2 Å². The average Bonchev–Trinajstić information content (AvgIpc) is 2.04. The molecule has 0 saturated heterocycles. The summed E-state index contributed by atoms with van der Waals surface area (Å²) in [5.74, 6) is -0.475. The van der Waals surface area contributed by atoms with Crippen molar-refractivity contribution < 1.29 is 9.90 Å². The summed E-state index contributed by atoms with van der Waals surface area (Å²) in [4.78, 5) is 23.6. The van der Waals surface area contributed by atoms with Gasteiger partial charge in [-0.25, -0.2) is 4.98 Å². The predicted molar refractivity (Wildman–Crippen MR) is 36.7 cm³/mol. The largest absolute Gasteiger partial charge is 0.493 e. The minimum Gasteiger partial charge on any atom is -0.493 e. The summed E-state index contributed by atoms with van der Waals surface area (Å²) in [6, 6.07) is 1.25. The van der Waals surface area contributed by atoms with E-state index in [4.69, 9.17) is 5.11 Å². The van der Waals surface area contributed by atoms with Crippen molar-refractivity contribution >= 4 is 12.0 Å². The lowest BCUT2D eigenvalue weighted by Gasteiger charge is -1.95. The molecule has 56 valence electrons. The van der Waals surface area contributed by atoms with Crippen LogP contribution in [0.4, 0.5) is 5.69 Å². The molecule has 0 aliphatic rings. The molecule has 0 radical (unpaired) electrons. The monoisotopic (exact) mass is 152 g/mol. The van der Waals surface area contributed by atoms with Crippen molar-refractivity contribution in [1.82, 2.24) is 4.98 Å². The summed E-state index contributed by atoms with van der Waals surface area (Å²) in [5, 5.41) is 11.4. The predicted octanol–water partition coefficient (Wildman–Crippen LogP) is 0.998. The second-order valence-corrected chi connectivity index (χ2v) is 1.78. The van der Waals surface area contributed by atoms with Crippen molar-refractivity contribution in [2.45, 2.75) is 0 Å². The molecule has 11 heavy (non-hydrogen) atoms. The van der Waals surface area contributed by atoms with E-state index in [9.17, 15) is 9.70 Å². The Bertz CT molecular complexity index is 298. The number of rotatable bonds is 2. The van der Waals surface area contributed by atoms with Crippen LogP contribution >= 0.6 is 0 Å². The number of hydrogen-bond donors (Lipinski definition) is 1. The Morgan fingerprint density at radius 2 is 2.36 bits per heavy atom. The number of pyridine rings is 1. The van der Waals surface area contributed by atoms with E-state index in [1.165, 1.54) is 12.3 Å². The van der Waals surface area contributed by atoms with Crippen LogP contribution in [0.2, 0.25) is 0 Å². The highest BCUT2D eigenvalue weighted by Crippen LogP contribution is 2.22. The maximum atomic E-state index is 10.2. The van der Waals surface area contributed by atoms with Crippen LogP contribution in [0.1, 0.15) is 10.4 Å². The molecule has 0 atom stereocenters. The van der Waals surface area contributed by atoms with Crippen molar-refractivity contribution in [3.05, 3.63) is 22.7 Å². The number of aromatic nitrogens is 1. The van der Waals surface area contributed by atoms with E-state index in [1.54, 1.807) is 0 Å². The molecular weight excluding hydrogens is 148 g/mol. The van der Waals surface area contributed by atoms with Crippen molar-refractivity contribution in [1.29, 1.82) is 0 Å². The molecule has 0 saturated carbocycles. The first-order valence-electron chi connectivity index (χ1n) is 2.76. The fraction of sp³-hybridized carbons (Fsp3) is 0. The molecule has 1 N–H and O–H groups in total. The quantitative estimate of drug-likeness (QED) is 0.506. The first kappa shape index (κ1) is 7.33. The molecule has 0 spiro atoms. The molecule has 0 aliphatic heterocycles. The maximum absolute atomic E-state index is 10.2. The third-order valence-electron chi connectivity index (χ3n) is 1.16. The van der Waals surface area contributed by atoms with Crippen LogP contribution in [0.15, 0.2) is 17.4 Å². The maximum Gasteiger partial charge on any atom is 0.223 e. The normalized spacial score (nSPS) is 9.09. The summed E-state index contributed by atoms with van der Waals surface area (Å²) < 4.78 is 0. The first-order valence-corrected chi connectivity index (χ1v) is 2.76. The molecule has 0 amide bonds. The van der Waals surface area contributed by atoms with Gasteiger partial charge in [-0.3, -0.25) is 4.79 Å². The van der Waals surface area contributed by atoms with Gasteiger partial charge in [-0.1, -0.05) is 0 Å². The number of nitroso groups, excluding NO2 is 1. The van der Waals surface area contributed by atoms with Crippen molar-refractivity contribution in [2.75, 3.05) is 0 Å². The summed E-state index contributed by atoms with van der Waals surface area (Å²) >= 11 is 0. The van der Waals surface area contributed by atoms with Gasteiger partial charge in [0.1, 0.15) is 11.3 Å². The highest BCUT2D eigenvalue weighted by molar-refractivity contribution is 5.85. The van der Waals surface area contributed by atoms with Crippen LogP contribution < -0.4 is 0 Å². The first-order chi connectivity index (χ1) is 5.29. The fourth-order valence-corrected chi connectivity index (χ4v) is 0.645. The van der Waals surface area contributed by atoms with Crippen molar-refractivity contribution in [2.24, 2.45) is 5.18 Å². The van der Waals surface area contributed by atoms with Gasteiger partial charge >= 0.3 is 0 Å². The van der Waals surface area contributed by atoms with Crippen molar-refractivity contribution in [3.63, 3.8) is 0 Å². The smallest absolute Gasteiger partial charge is 0.223 e. The third kappa shape index (κ3) is 1.21. The summed E-state index contributed by atoms with van der Waals surface area (Å²) in [6.45, 7) is 0. The highest BCUT2D eigenvalue weighted by atomic mass is 16.3. The number of aldehydes is 1. The Morgan fingerprint density at radius 3 is 2.82 bits per heavy atom. The second-order valence-electron chi connectivity index (χ2n) is 1.78. The number of carbonyl (C=O) groups is 1. The van der Waals surface area contributed by atoms with Crippen LogP contribution in [0.25, 0.3) is 0 Å². The van der Waals surface area contributed by atoms with Gasteiger partial charge in [0.2, 0.25) is 5.88 Å². The molecule has 1 heterocycles. The number of aromatic hydroxyl groups is 1. The molecule has 1 rings (SSSR count). The molecular formula is C6H4N2O3. The Morgan fingerprint density at radius 1 is 1.64 bits per heavy atom. The van der Waals surface area contributed by atoms with E-state index >= 15 is 0 Å². The minimum atomic E-state index is -0.475. The van der Waals surface area contributed by atoms with E-state index in [1.807, 2.05) is 0 Å². The van der Waals surface area contributed by atoms with Gasteiger partial charge in [0, 0.05) is 6.20 Å².